The minimum absolute atomic E-state index is 0.117. The summed E-state index contributed by atoms with van der Waals surface area (Å²) < 4.78 is 18.5. The first-order valence-electron chi connectivity index (χ1n) is 5.14. The lowest BCUT2D eigenvalue weighted by molar-refractivity contribution is 0.526. The van der Waals surface area contributed by atoms with E-state index in [2.05, 4.69) is 0 Å². The molecule has 1 aromatic rings. The second kappa shape index (κ2) is 4.71. The number of furan rings is 1. The van der Waals surface area contributed by atoms with Crippen molar-refractivity contribution in [2.75, 3.05) is 0 Å². The van der Waals surface area contributed by atoms with Crippen molar-refractivity contribution in [2.24, 2.45) is 0 Å². The van der Waals surface area contributed by atoms with Gasteiger partial charge in [0.15, 0.2) is 0 Å². The Hall–Kier alpha value is -1.28. The van der Waals surface area contributed by atoms with Gasteiger partial charge in [-0.05, 0) is 37.1 Å². The number of fused-ring (bicyclic) bond motifs is 1. The van der Waals surface area contributed by atoms with Gasteiger partial charge in [-0.15, -0.1) is 0 Å². The van der Waals surface area contributed by atoms with Gasteiger partial charge in [-0.3, -0.25) is 0 Å². The average Bonchev–Trinajstić information content (AvgIpc) is 2.58. The highest BCUT2D eigenvalue weighted by Crippen LogP contribution is 2.27. The molecule has 0 unspecified atom stereocenters. The fourth-order valence-electron chi connectivity index (χ4n) is 1.61. The Balaban J connectivity index is 2.20. The molecule has 1 aliphatic rings. The highest BCUT2D eigenvalue weighted by molar-refractivity contribution is 6.29. The lowest BCUT2D eigenvalue weighted by Gasteiger charge is -2.03. The van der Waals surface area contributed by atoms with Crippen molar-refractivity contribution in [3.8, 4) is 0 Å². The van der Waals surface area contributed by atoms with Crippen molar-refractivity contribution in [3.05, 3.63) is 46.2 Å². The van der Waals surface area contributed by atoms with Crippen LogP contribution in [0.2, 0.25) is 0 Å². The summed E-state index contributed by atoms with van der Waals surface area (Å²) in [7, 11) is 0. The molecule has 0 N–H and O–H groups in total. The van der Waals surface area contributed by atoms with Crippen molar-refractivity contribution < 1.29 is 8.81 Å². The second-order valence-electron chi connectivity index (χ2n) is 3.74. The summed E-state index contributed by atoms with van der Waals surface area (Å²) >= 11 is 5.68. The third-order valence-electron chi connectivity index (χ3n) is 2.37. The van der Waals surface area contributed by atoms with Crippen LogP contribution in [0.25, 0.3) is 12.2 Å². The van der Waals surface area contributed by atoms with Gasteiger partial charge in [0.05, 0.1) is 0 Å². The standard InChI is InChI=1S/C13H12ClFO/c1-9(14)3-2-4-12-7-10-5-6-11(15)8-13(10)16-12/h2-4,7-8H,5-6H2,1H3/b4-2-,9-3+. The third kappa shape index (κ3) is 2.64. The Labute approximate surface area is 98.9 Å². The van der Waals surface area contributed by atoms with Crippen LogP contribution in [0.5, 0.6) is 0 Å². The van der Waals surface area contributed by atoms with Crippen LogP contribution in [0.1, 0.15) is 30.4 Å². The zero-order valence-corrected chi connectivity index (χ0v) is 9.72. The molecule has 16 heavy (non-hydrogen) atoms. The molecule has 0 saturated carbocycles. The molecular formula is C13H12ClFO. The van der Waals surface area contributed by atoms with Crippen LogP contribution in [0, 0.1) is 0 Å². The molecule has 0 atom stereocenters. The number of rotatable bonds is 2. The summed E-state index contributed by atoms with van der Waals surface area (Å²) in [4.78, 5) is 0. The lowest BCUT2D eigenvalue weighted by Crippen LogP contribution is -1.91. The van der Waals surface area contributed by atoms with E-state index < -0.39 is 0 Å². The monoisotopic (exact) mass is 238 g/mol. The summed E-state index contributed by atoms with van der Waals surface area (Å²) in [6.45, 7) is 1.80. The van der Waals surface area contributed by atoms with E-state index in [1.54, 1.807) is 13.0 Å². The van der Waals surface area contributed by atoms with E-state index in [9.17, 15) is 4.39 Å². The molecule has 0 spiro atoms. The summed E-state index contributed by atoms with van der Waals surface area (Å²) in [5.41, 5.74) is 1.06. The molecule has 0 bridgehead atoms. The predicted molar refractivity (Wildman–Crippen MR) is 64.8 cm³/mol. The molecule has 0 aliphatic heterocycles. The fourth-order valence-corrected chi connectivity index (χ4v) is 1.68. The molecule has 1 nitrogen and oxygen atoms in total. The van der Waals surface area contributed by atoms with Crippen LogP contribution in [0.3, 0.4) is 0 Å². The normalized spacial score (nSPS) is 16.4. The molecule has 84 valence electrons. The van der Waals surface area contributed by atoms with Gasteiger partial charge in [0, 0.05) is 17.5 Å². The molecule has 1 aliphatic carbocycles. The quantitative estimate of drug-likeness (QED) is 0.681. The van der Waals surface area contributed by atoms with Gasteiger partial charge in [0.1, 0.15) is 17.3 Å². The van der Waals surface area contributed by atoms with E-state index >= 15 is 0 Å². The van der Waals surface area contributed by atoms with E-state index in [4.69, 9.17) is 16.0 Å². The van der Waals surface area contributed by atoms with Crippen molar-refractivity contribution in [2.45, 2.75) is 19.8 Å². The Bertz CT molecular complexity index is 476. The van der Waals surface area contributed by atoms with Crippen LogP contribution >= 0.6 is 11.6 Å². The molecular weight excluding hydrogens is 227 g/mol. The molecule has 0 aromatic carbocycles. The Morgan fingerprint density at radius 3 is 3.06 bits per heavy atom. The molecule has 3 heteroatoms. The maximum Gasteiger partial charge on any atom is 0.133 e. The Morgan fingerprint density at radius 2 is 2.31 bits per heavy atom. The maximum absolute atomic E-state index is 13.0. The van der Waals surface area contributed by atoms with Crippen LogP contribution in [-0.4, -0.2) is 0 Å². The van der Waals surface area contributed by atoms with E-state index in [1.807, 2.05) is 18.2 Å². The zero-order valence-electron chi connectivity index (χ0n) is 8.97. The summed E-state index contributed by atoms with van der Waals surface area (Å²) in [6.07, 6.45) is 8.04. The van der Waals surface area contributed by atoms with Crippen LogP contribution in [-0.2, 0) is 6.42 Å². The van der Waals surface area contributed by atoms with Gasteiger partial charge in [-0.25, -0.2) is 4.39 Å². The molecule has 1 aromatic heterocycles. The number of halogens is 2. The molecule has 0 radical (unpaired) electrons. The van der Waals surface area contributed by atoms with Crippen molar-refractivity contribution >= 4 is 23.8 Å². The van der Waals surface area contributed by atoms with Gasteiger partial charge < -0.3 is 4.42 Å². The van der Waals surface area contributed by atoms with E-state index in [0.717, 1.165) is 11.3 Å². The lowest BCUT2D eigenvalue weighted by atomic mass is 10.0. The van der Waals surface area contributed by atoms with Gasteiger partial charge in [-0.1, -0.05) is 17.7 Å². The maximum atomic E-state index is 13.0. The minimum Gasteiger partial charge on any atom is -0.457 e. The molecule has 2 rings (SSSR count). The third-order valence-corrected chi connectivity index (χ3v) is 2.49. The Kier molecular flexibility index (Phi) is 3.30. The van der Waals surface area contributed by atoms with Crippen LogP contribution in [0.4, 0.5) is 4.39 Å². The number of allylic oxidation sites excluding steroid dienone is 4. The van der Waals surface area contributed by atoms with Gasteiger partial charge in [0.25, 0.3) is 0 Å². The first-order chi connectivity index (χ1) is 7.65. The minimum atomic E-state index is -0.117. The molecule has 0 fully saturated rings. The highest BCUT2D eigenvalue weighted by Gasteiger charge is 2.14. The number of hydrogen-bond acceptors (Lipinski definition) is 1. The highest BCUT2D eigenvalue weighted by atomic mass is 35.5. The molecule has 0 saturated heterocycles. The summed E-state index contributed by atoms with van der Waals surface area (Å²) in [6, 6.07) is 1.94. The Morgan fingerprint density at radius 1 is 1.50 bits per heavy atom. The fraction of sp³-hybridized carbons (Fsp3) is 0.231. The summed E-state index contributed by atoms with van der Waals surface area (Å²) in [5, 5.41) is 0.707. The number of hydrogen-bond donors (Lipinski definition) is 0. The van der Waals surface area contributed by atoms with E-state index in [-0.39, 0.29) is 5.83 Å². The van der Waals surface area contributed by atoms with Crippen LogP contribution < -0.4 is 0 Å². The smallest absolute Gasteiger partial charge is 0.133 e. The van der Waals surface area contributed by atoms with Gasteiger partial charge >= 0.3 is 0 Å². The second-order valence-corrected chi connectivity index (χ2v) is 4.34. The van der Waals surface area contributed by atoms with Crippen molar-refractivity contribution in [3.63, 3.8) is 0 Å². The molecule has 0 amide bonds. The van der Waals surface area contributed by atoms with E-state index in [0.29, 0.717) is 23.6 Å². The van der Waals surface area contributed by atoms with Crippen molar-refractivity contribution in [1.82, 2.24) is 0 Å². The van der Waals surface area contributed by atoms with Crippen molar-refractivity contribution in [1.29, 1.82) is 0 Å². The molecule has 1 heterocycles. The zero-order chi connectivity index (χ0) is 11.5. The summed E-state index contributed by atoms with van der Waals surface area (Å²) in [5.74, 6) is 1.24. The van der Waals surface area contributed by atoms with Crippen LogP contribution in [0.15, 0.2) is 33.5 Å². The SMILES string of the molecule is C/C(Cl)=C\C=C/c1cc2c(o1)C=C(F)CC2. The number of aryl methyl sites for hydroxylation is 1. The van der Waals surface area contributed by atoms with Gasteiger partial charge in [-0.2, -0.15) is 0 Å². The first-order valence-corrected chi connectivity index (χ1v) is 5.52. The first kappa shape index (κ1) is 11.2. The van der Waals surface area contributed by atoms with E-state index in [1.165, 1.54) is 6.08 Å². The predicted octanol–water partition coefficient (Wildman–Crippen LogP) is 4.69. The topological polar surface area (TPSA) is 13.1 Å². The largest absolute Gasteiger partial charge is 0.457 e. The average molecular weight is 239 g/mol. The van der Waals surface area contributed by atoms with Gasteiger partial charge in [0.2, 0.25) is 0 Å².